The molecule has 4 atom stereocenters. The summed E-state index contributed by atoms with van der Waals surface area (Å²) in [6, 6.07) is 8.96. The summed E-state index contributed by atoms with van der Waals surface area (Å²) in [5.41, 5.74) is 5.68. The molecule has 57 heavy (non-hydrogen) atoms. The molecule has 1 aliphatic heterocycles. The van der Waals surface area contributed by atoms with E-state index < -0.39 is 50.4 Å². The minimum absolute atomic E-state index is 0.00440. The molecule has 14 nitrogen and oxygen atoms in total. The van der Waals surface area contributed by atoms with Crippen molar-refractivity contribution >= 4 is 19.2 Å². The van der Waals surface area contributed by atoms with E-state index in [-0.39, 0.29) is 30.4 Å². The highest BCUT2D eigenvalue weighted by Crippen LogP contribution is 2.47. The molecule has 0 amide bonds. The maximum Gasteiger partial charge on any atom is 0.472 e. The van der Waals surface area contributed by atoms with E-state index >= 15 is 0 Å². The fourth-order valence-corrected chi connectivity index (χ4v) is 7.29. The van der Waals surface area contributed by atoms with Gasteiger partial charge in [0.1, 0.15) is 30.4 Å². The number of nitrogens with zero attached hydrogens (tertiary/aromatic N) is 4. The summed E-state index contributed by atoms with van der Waals surface area (Å²) < 4.78 is 56.5. The number of unbranched alkanes of at least 4 members (excludes halogenated alkanes) is 12. The van der Waals surface area contributed by atoms with Gasteiger partial charge in [0, 0.05) is 6.61 Å². The second-order valence-corrected chi connectivity index (χ2v) is 16.0. The average molecular weight is 816 g/mol. The predicted molar refractivity (Wildman–Crippen MR) is 213 cm³/mol. The van der Waals surface area contributed by atoms with Crippen LogP contribution in [-0.2, 0) is 40.0 Å². The van der Waals surface area contributed by atoms with Gasteiger partial charge in [-0.3, -0.25) is 9.05 Å². The summed E-state index contributed by atoms with van der Waals surface area (Å²) in [5.74, 6) is -1.28. The Morgan fingerprint density at radius 2 is 1.70 bits per heavy atom. The topological polar surface area (TPSA) is 204 Å². The number of nitrogen functional groups attached to an aromatic ring is 1. The minimum Gasteiger partial charge on any atom is -0.506 e. The number of aliphatic hydroxyl groups excluding tert-OH is 2. The van der Waals surface area contributed by atoms with E-state index in [1.54, 1.807) is 12.1 Å². The summed E-state index contributed by atoms with van der Waals surface area (Å²) in [6.45, 7) is 2.92. The molecule has 1 aliphatic rings. The van der Waals surface area contributed by atoms with Crippen LogP contribution in [0, 0.1) is 17.1 Å². The molecule has 16 heteroatoms. The van der Waals surface area contributed by atoms with Gasteiger partial charge in [0.2, 0.25) is 0 Å². The molecule has 2 aromatic heterocycles. The number of anilines is 1. The number of phosphoric acid groups is 1. The van der Waals surface area contributed by atoms with E-state index in [1.807, 2.05) is 6.07 Å². The number of benzene rings is 1. The van der Waals surface area contributed by atoms with Crippen LogP contribution in [0.5, 0.6) is 0 Å². The van der Waals surface area contributed by atoms with Crippen molar-refractivity contribution in [2.75, 3.05) is 32.2 Å². The van der Waals surface area contributed by atoms with Crippen LogP contribution < -0.4 is 5.73 Å². The Balaban J connectivity index is 1.20. The number of aliphatic hydroxyl groups is 2. The number of hydrogen-bond donors (Lipinski definition) is 4. The summed E-state index contributed by atoms with van der Waals surface area (Å²) in [7, 11) is -4.78. The SMILES string of the molecule is CCCCCCCC/C=C\CCCCCCCCOC[C@H](COP(=O)(O)OCC1=C(O)[C@@H](O)[C@](C)(c2ccc3c(N)ncnn23)O1)OCc1cc(F)cc(C#N)c1. The highest BCUT2D eigenvalue weighted by atomic mass is 31.2. The third-order valence-corrected chi connectivity index (χ3v) is 10.8. The molecular weight excluding hydrogens is 756 g/mol. The lowest BCUT2D eigenvalue weighted by Crippen LogP contribution is -2.36. The number of phosphoric ester groups is 1. The largest absolute Gasteiger partial charge is 0.506 e. The van der Waals surface area contributed by atoms with Crippen molar-refractivity contribution in [2.24, 2.45) is 0 Å². The van der Waals surface area contributed by atoms with Crippen LogP contribution in [0.25, 0.3) is 5.52 Å². The Morgan fingerprint density at radius 1 is 1.02 bits per heavy atom. The molecule has 0 radical (unpaired) electrons. The minimum atomic E-state index is -4.78. The van der Waals surface area contributed by atoms with Crippen LogP contribution in [0.2, 0.25) is 0 Å². The van der Waals surface area contributed by atoms with Gasteiger partial charge < -0.3 is 35.1 Å². The fraction of sp³-hybridized carbons (Fsp3) is 0.585. The van der Waals surface area contributed by atoms with Crippen molar-refractivity contribution in [1.29, 1.82) is 5.26 Å². The van der Waals surface area contributed by atoms with Crippen LogP contribution in [0.3, 0.4) is 0 Å². The van der Waals surface area contributed by atoms with E-state index in [1.165, 1.54) is 87.7 Å². The first-order chi connectivity index (χ1) is 27.5. The maximum atomic E-state index is 14.1. The quantitative estimate of drug-likeness (QED) is 0.0309. The molecule has 4 rings (SSSR count). The lowest BCUT2D eigenvalue weighted by atomic mass is 9.95. The van der Waals surface area contributed by atoms with Gasteiger partial charge in [-0.25, -0.2) is 18.5 Å². The number of ether oxygens (including phenoxy) is 3. The van der Waals surface area contributed by atoms with E-state index in [0.29, 0.717) is 23.4 Å². The number of nitriles is 1. The number of allylic oxidation sites excluding steroid dienone is 2. The number of hydrogen-bond acceptors (Lipinski definition) is 12. The van der Waals surface area contributed by atoms with Crippen molar-refractivity contribution in [3.8, 4) is 6.07 Å². The highest BCUT2D eigenvalue weighted by molar-refractivity contribution is 7.47. The summed E-state index contributed by atoms with van der Waals surface area (Å²) in [6.07, 6.45) is 20.1. The molecule has 1 aromatic carbocycles. The van der Waals surface area contributed by atoms with Gasteiger partial charge in [-0.1, -0.05) is 76.9 Å². The van der Waals surface area contributed by atoms with Crippen LogP contribution >= 0.6 is 7.82 Å². The van der Waals surface area contributed by atoms with Gasteiger partial charge in [0.15, 0.2) is 29.0 Å². The van der Waals surface area contributed by atoms with Crippen molar-refractivity contribution in [1.82, 2.24) is 14.6 Å². The van der Waals surface area contributed by atoms with Gasteiger partial charge in [-0.05, 0) is 74.9 Å². The normalized spacial score (nSPS) is 18.6. The molecule has 0 fully saturated rings. The average Bonchev–Trinajstić information content (AvgIpc) is 3.73. The maximum absolute atomic E-state index is 14.1. The molecule has 1 unspecified atom stereocenters. The molecule has 0 saturated heterocycles. The Labute approximate surface area is 335 Å². The lowest BCUT2D eigenvalue weighted by molar-refractivity contribution is -0.0590. The second-order valence-electron chi connectivity index (χ2n) is 14.5. The molecular formula is C41H59FN5O9P. The van der Waals surface area contributed by atoms with Crippen LogP contribution in [0.1, 0.15) is 121 Å². The Morgan fingerprint density at radius 3 is 2.40 bits per heavy atom. The first-order valence-corrected chi connectivity index (χ1v) is 21.5. The first kappa shape index (κ1) is 45.8. The zero-order valence-corrected chi connectivity index (χ0v) is 34.1. The van der Waals surface area contributed by atoms with Gasteiger partial charge in [0.05, 0.1) is 37.1 Å². The van der Waals surface area contributed by atoms with Gasteiger partial charge in [-0.2, -0.15) is 10.4 Å². The van der Waals surface area contributed by atoms with Crippen molar-refractivity contribution in [3.63, 3.8) is 0 Å². The Hall–Kier alpha value is -3.87. The predicted octanol–water partition coefficient (Wildman–Crippen LogP) is 8.47. The molecule has 0 aliphatic carbocycles. The summed E-state index contributed by atoms with van der Waals surface area (Å²) >= 11 is 0. The molecule has 0 bridgehead atoms. The third-order valence-electron chi connectivity index (χ3n) is 9.85. The summed E-state index contributed by atoms with van der Waals surface area (Å²) in [4.78, 5) is 14.5. The zero-order valence-electron chi connectivity index (χ0n) is 33.2. The third kappa shape index (κ3) is 14.5. The van der Waals surface area contributed by atoms with Crippen molar-refractivity contribution in [3.05, 3.63) is 83.0 Å². The van der Waals surface area contributed by atoms with E-state index in [4.69, 9.17) is 29.0 Å². The van der Waals surface area contributed by atoms with Gasteiger partial charge in [-0.15, -0.1) is 0 Å². The molecule has 3 aromatic rings. The van der Waals surface area contributed by atoms with Crippen LogP contribution in [0.4, 0.5) is 10.2 Å². The number of fused-ring (bicyclic) bond motifs is 1. The number of aromatic nitrogens is 3. The molecule has 0 saturated carbocycles. The van der Waals surface area contributed by atoms with E-state index in [2.05, 4.69) is 29.2 Å². The standard InChI is InChI=1S/C41H59FN5O9P/c1-3-4-5-6-7-8-9-10-11-12-13-14-15-16-17-18-21-52-27-34(53-26-32-22-31(25-43)23-33(42)24-32)28-54-57(50,51)55-29-36-38(48)39(49)41(2,56-36)37-20-19-35-40(44)45-30-46-47(35)37/h10-11,19-20,22-24,30,34,39,48-49H,3-9,12-18,21,26-29H2,1-2H3,(H,50,51)(H2,44,45,46)/b11-10-/t34-,39-,41+/m1/s1. The number of nitrogens with two attached hydrogens (primary N) is 1. The second kappa shape index (κ2) is 23.5. The Kier molecular flexibility index (Phi) is 18.9. The lowest BCUT2D eigenvalue weighted by Gasteiger charge is -2.28. The molecule has 3 heterocycles. The van der Waals surface area contributed by atoms with Crippen LogP contribution in [-0.4, -0.2) is 68.3 Å². The molecule has 5 N–H and O–H groups in total. The Bertz CT molecular complexity index is 1850. The molecule has 0 spiro atoms. The van der Waals surface area contributed by atoms with Gasteiger partial charge in [0.25, 0.3) is 0 Å². The summed E-state index contributed by atoms with van der Waals surface area (Å²) in [5, 5.41) is 35.0. The van der Waals surface area contributed by atoms with Crippen LogP contribution in [0.15, 0.2) is 60.3 Å². The van der Waals surface area contributed by atoms with E-state index in [0.717, 1.165) is 38.2 Å². The molecule has 314 valence electrons. The first-order valence-electron chi connectivity index (χ1n) is 20.0. The number of halogens is 1. The van der Waals surface area contributed by atoms with Crippen molar-refractivity contribution in [2.45, 2.75) is 128 Å². The zero-order chi connectivity index (χ0) is 41.1. The van der Waals surface area contributed by atoms with Gasteiger partial charge >= 0.3 is 7.82 Å². The smallest absolute Gasteiger partial charge is 0.472 e. The van der Waals surface area contributed by atoms with Crippen molar-refractivity contribution < 1.29 is 47.3 Å². The monoisotopic (exact) mass is 815 g/mol. The van der Waals surface area contributed by atoms with E-state index in [9.17, 15) is 29.3 Å². The highest BCUT2D eigenvalue weighted by Gasteiger charge is 2.50. The number of rotatable bonds is 28. The fourth-order valence-electron chi connectivity index (χ4n) is 6.58.